The maximum Gasteiger partial charge on any atom is 0.238 e. The number of sulfonamides is 1. The minimum Gasteiger partial charge on any atom is -0.486 e. The Morgan fingerprint density at radius 3 is 2.10 bits per heavy atom. The number of primary sulfonamides is 1. The van der Waals surface area contributed by atoms with Crippen LogP contribution in [0.2, 0.25) is 0 Å². The van der Waals surface area contributed by atoms with Crippen molar-refractivity contribution in [1.29, 1.82) is 0 Å². The van der Waals surface area contributed by atoms with Gasteiger partial charge in [0.05, 0.1) is 13.8 Å². The highest BCUT2D eigenvalue weighted by atomic mass is 79.9. The molecule has 2 aromatic carbocycles. The highest BCUT2D eigenvalue weighted by molar-refractivity contribution is 9.11. The summed E-state index contributed by atoms with van der Waals surface area (Å²) in [6.45, 7) is 0.341. The molecule has 21 heavy (non-hydrogen) atoms. The van der Waals surface area contributed by atoms with Crippen LogP contribution < -0.4 is 9.88 Å². The molecule has 0 amide bonds. The van der Waals surface area contributed by atoms with Crippen LogP contribution in [0.4, 0.5) is 0 Å². The van der Waals surface area contributed by atoms with Crippen LogP contribution in [0.1, 0.15) is 5.56 Å². The average molecular weight is 500 g/mol. The molecule has 0 atom stereocenters. The van der Waals surface area contributed by atoms with Crippen LogP contribution in [0, 0.1) is 0 Å². The van der Waals surface area contributed by atoms with E-state index in [1.54, 1.807) is 0 Å². The molecule has 0 spiro atoms. The molecule has 0 aliphatic heterocycles. The molecule has 0 aromatic heterocycles. The molecule has 0 saturated heterocycles. The van der Waals surface area contributed by atoms with E-state index in [0.29, 0.717) is 21.3 Å². The predicted octanol–water partition coefficient (Wildman–Crippen LogP) is 4.20. The van der Waals surface area contributed by atoms with Gasteiger partial charge in [-0.15, -0.1) is 0 Å². The molecule has 0 radical (unpaired) electrons. The number of benzene rings is 2. The van der Waals surface area contributed by atoms with Gasteiger partial charge in [0, 0.05) is 10.0 Å². The maximum absolute atomic E-state index is 11.4. The van der Waals surface area contributed by atoms with Crippen LogP contribution in [-0.4, -0.2) is 8.42 Å². The molecule has 0 aliphatic carbocycles. The highest BCUT2D eigenvalue weighted by Gasteiger charge is 2.15. The SMILES string of the molecule is NS(=O)(=O)c1cc(Br)c(OCc2ccccc2Br)c(Br)c1. The zero-order valence-corrected chi connectivity index (χ0v) is 16.1. The minimum absolute atomic E-state index is 0.00879. The van der Waals surface area contributed by atoms with Gasteiger partial charge in [0.25, 0.3) is 0 Å². The van der Waals surface area contributed by atoms with Crippen molar-refractivity contribution in [3.63, 3.8) is 0 Å². The molecule has 0 saturated carbocycles. The lowest BCUT2D eigenvalue weighted by Gasteiger charge is -2.12. The van der Waals surface area contributed by atoms with E-state index in [1.807, 2.05) is 24.3 Å². The van der Waals surface area contributed by atoms with E-state index in [0.717, 1.165) is 10.0 Å². The molecular formula is C13H10Br3NO3S. The van der Waals surface area contributed by atoms with Gasteiger partial charge >= 0.3 is 0 Å². The Morgan fingerprint density at radius 1 is 1.00 bits per heavy atom. The molecule has 0 unspecified atom stereocenters. The molecule has 0 bridgehead atoms. The van der Waals surface area contributed by atoms with Crippen molar-refractivity contribution in [3.05, 3.63) is 55.4 Å². The molecule has 2 N–H and O–H groups in total. The first kappa shape index (κ1) is 17.0. The maximum atomic E-state index is 11.4. The van der Waals surface area contributed by atoms with Crippen molar-refractivity contribution in [1.82, 2.24) is 0 Å². The minimum atomic E-state index is -3.76. The van der Waals surface area contributed by atoms with Gasteiger partial charge in [-0.05, 0) is 50.1 Å². The third kappa shape index (κ3) is 4.29. The van der Waals surface area contributed by atoms with Gasteiger partial charge in [0.15, 0.2) is 0 Å². The zero-order valence-electron chi connectivity index (χ0n) is 10.5. The Kier molecular flexibility index (Phi) is 5.48. The van der Waals surface area contributed by atoms with Crippen LogP contribution in [0.25, 0.3) is 0 Å². The summed E-state index contributed by atoms with van der Waals surface area (Å²) in [5.41, 5.74) is 0.979. The van der Waals surface area contributed by atoms with Crippen LogP contribution in [-0.2, 0) is 16.6 Å². The second-order valence-electron chi connectivity index (χ2n) is 4.14. The standard InChI is InChI=1S/C13H10Br3NO3S/c14-10-4-2-1-3-8(10)7-20-13-11(15)5-9(6-12(13)16)21(17,18)19/h1-6H,7H2,(H2,17,18,19). The second kappa shape index (κ2) is 6.78. The summed E-state index contributed by atoms with van der Waals surface area (Å²) in [5.74, 6) is 0.512. The summed E-state index contributed by atoms with van der Waals surface area (Å²) in [4.78, 5) is 0.00879. The third-order valence-corrected chi connectivity index (χ3v) is 5.47. The number of hydrogen-bond acceptors (Lipinski definition) is 3. The lowest BCUT2D eigenvalue weighted by molar-refractivity contribution is 0.301. The summed E-state index contributed by atoms with van der Waals surface area (Å²) in [5, 5.41) is 5.11. The van der Waals surface area contributed by atoms with Gasteiger partial charge in [-0.2, -0.15) is 0 Å². The van der Waals surface area contributed by atoms with E-state index < -0.39 is 10.0 Å². The first-order chi connectivity index (χ1) is 9.79. The van der Waals surface area contributed by atoms with E-state index in [9.17, 15) is 8.42 Å². The third-order valence-electron chi connectivity index (χ3n) is 2.63. The van der Waals surface area contributed by atoms with E-state index >= 15 is 0 Å². The largest absolute Gasteiger partial charge is 0.486 e. The van der Waals surface area contributed by atoms with E-state index in [4.69, 9.17) is 9.88 Å². The molecular weight excluding hydrogens is 490 g/mol. The Hall–Kier alpha value is -0.410. The summed E-state index contributed by atoms with van der Waals surface area (Å²) in [7, 11) is -3.76. The van der Waals surface area contributed by atoms with Crippen molar-refractivity contribution >= 4 is 57.8 Å². The lowest BCUT2D eigenvalue weighted by Crippen LogP contribution is -2.12. The van der Waals surface area contributed by atoms with Gasteiger partial charge in [-0.25, -0.2) is 13.6 Å². The Balaban J connectivity index is 2.28. The van der Waals surface area contributed by atoms with Crippen molar-refractivity contribution < 1.29 is 13.2 Å². The normalized spacial score (nSPS) is 11.4. The van der Waals surface area contributed by atoms with Gasteiger partial charge in [0.2, 0.25) is 10.0 Å². The van der Waals surface area contributed by atoms with Crippen molar-refractivity contribution in [2.45, 2.75) is 11.5 Å². The van der Waals surface area contributed by atoms with E-state index in [-0.39, 0.29) is 4.90 Å². The predicted molar refractivity (Wildman–Crippen MR) is 91.7 cm³/mol. The summed E-state index contributed by atoms with van der Waals surface area (Å²) < 4.78 is 30.4. The monoisotopic (exact) mass is 497 g/mol. The summed E-state index contributed by atoms with van der Waals surface area (Å²) >= 11 is 10.0. The number of rotatable bonds is 4. The Morgan fingerprint density at radius 2 is 1.57 bits per heavy atom. The molecule has 112 valence electrons. The smallest absolute Gasteiger partial charge is 0.238 e. The van der Waals surface area contributed by atoms with Gasteiger partial charge in [-0.3, -0.25) is 0 Å². The highest BCUT2D eigenvalue weighted by Crippen LogP contribution is 2.36. The van der Waals surface area contributed by atoms with Crippen molar-refractivity contribution in [2.75, 3.05) is 0 Å². The quantitative estimate of drug-likeness (QED) is 0.685. The molecule has 2 rings (SSSR count). The molecule has 8 heteroatoms. The first-order valence-corrected chi connectivity index (χ1v) is 9.59. The van der Waals surface area contributed by atoms with Gasteiger partial charge in [0.1, 0.15) is 12.4 Å². The number of ether oxygens (including phenoxy) is 1. The van der Waals surface area contributed by atoms with Crippen LogP contribution in [0.15, 0.2) is 54.7 Å². The first-order valence-electron chi connectivity index (χ1n) is 5.67. The van der Waals surface area contributed by atoms with Gasteiger partial charge in [-0.1, -0.05) is 34.1 Å². The fourth-order valence-corrected chi connectivity index (χ4v) is 4.29. The summed E-state index contributed by atoms with van der Waals surface area (Å²) in [6.07, 6.45) is 0. The molecule has 0 heterocycles. The number of nitrogens with two attached hydrogens (primary N) is 1. The zero-order chi connectivity index (χ0) is 15.6. The fraction of sp³-hybridized carbons (Fsp3) is 0.0769. The van der Waals surface area contributed by atoms with Crippen molar-refractivity contribution in [2.24, 2.45) is 5.14 Å². The van der Waals surface area contributed by atoms with Crippen LogP contribution in [0.3, 0.4) is 0 Å². The Bertz CT molecular complexity index is 755. The number of hydrogen-bond donors (Lipinski definition) is 1. The summed E-state index contributed by atoms with van der Waals surface area (Å²) in [6, 6.07) is 10.5. The van der Waals surface area contributed by atoms with E-state index in [1.165, 1.54) is 12.1 Å². The van der Waals surface area contributed by atoms with Crippen LogP contribution >= 0.6 is 47.8 Å². The van der Waals surface area contributed by atoms with E-state index in [2.05, 4.69) is 47.8 Å². The van der Waals surface area contributed by atoms with Gasteiger partial charge < -0.3 is 4.74 Å². The molecule has 2 aromatic rings. The van der Waals surface area contributed by atoms with Crippen LogP contribution in [0.5, 0.6) is 5.75 Å². The second-order valence-corrected chi connectivity index (χ2v) is 8.27. The molecule has 0 aliphatic rings. The molecule has 0 fully saturated rings. The topological polar surface area (TPSA) is 69.4 Å². The average Bonchev–Trinajstić information content (AvgIpc) is 2.38. The fourth-order valence-electron chi connectivity index (χ4n) is 1.60. The number of halogens is 3. The Labute approximate surface area is 148 Å². The van der Waals surface area contributed by atoms with Crippen molar-refractivity contribution in [3.8, 4) is 5.75 Å². The lowest BCUT2D eigenvalue weighted by atomic mass is 10.2. The molecule has 4 nitrogen and oxygen atoms in total.